The summed E-state index contributed by atoms with van der Waals surface area (Å²) in [6, 6.07) is 6.36. The lowest BCUT2D eigenvalue weighted by molar-refractivity contribution is 0.556. The van der Waals surface area contributed by atoms with Crippen molar-refractivity contribution in [3.63, 3.8) is 0 Å². The summed E-state index contributed by atoms with van der Waals surface area (Å²) in [5.41, 5.74) is 3.26. The number of rotatable bonds is 11. The van der Waals surface area contributed by atoms with E-state index in [4.69, 9.17) is 4.42 Å². The Kier molecular flexibility index (Phi) is 7.34. The molecule has 116 valence electrons. The van der Waals surface area contributed by atoms with Crippen molar-refractivity contribution in [2.75, 3.05) is 0 Å². The fraction of sp³-hybridized carbons (Fsp3) is 0.632. The van der Waals surface area contributed by atoms with Crippen LogP contribution in [0.15, 0.2) is 29.0 Å². The van der Waals surface area contributed by atoms with Crippen molar-refractivity contribution < 1.29 is 4.42 Å². The number of benzene rings is 1. The first-order valence-electron chi connectivity index (χ1n) is 8.72. The van der Waals surface area contributed by atoms with Crippen molar-refractivity contribution in [2.24, 2.45) is 0 Å². The molecule has 0 saturated carbocycles. The van der Waals surface area contributed by atoms with E-state index < -0.39 is 0 Å². The molecule has 2 nitrogen and oxygen atoms in total. The van der Waals surface area contributed by atoms with E-state index in [-0.39, 0.29) is 0 Å². The molecule has 0 radical (unpaired) electrons. The Balaban J connectivity index is 1.49. The van der Waals surface area contributed by atoms with Gasteiger partial charge in [0.25, 0.3) is 0 Å². The van der Waals surface area contributed by atoms with Crippen molar-refractivity contribution in [1.29, 1.82) is 0 Å². The summed E-state index contributed by atoms with van der Waals surface area (Å²) in [5.74, 6) is 0. The van der Waals surface area contributed by atoms with Crippen molar-refractivity contribution in [3.05, 3.63) is 30.2 Å². The quantitative estimate of drug-likeness (QED) is 0.454. The second kappa shape index (κ2) is 9.59. The Labute approximate surface area is 129 Å². The van der Waals surface area contributed by atoms with Crippen molar-refractivity contribution in [2.45, 2.75) is 77.6 Å². The second-order valence-electron chi connectivity index (χ2n) is 6.09. The Hall–Kier alpha value is -1.31. The van der Waals surface area contributed by atoms with Gasteiger partial charge in [0.05, 0.1) is 0 Å². The average molecular weight is 287 g/mol. The van der Waals surface area contributed by atoms with E-state index in [9.17, 15) is 0 Å². The van der Waals surface area contributed by atoms with Crippen molar-refractivity contribution >= 4 is 11.1 Å². The molecule has 0 spiro atoms. The van der Waals surface area contributed by atoms with Crippen LogP contribution in [0.25, 0.3) is 11.1 Å². The number of hydrogen-bond acceptors (Lipinski definition) is 2. The molecule has 0 saturated heterocycles. The monoisotopic (exact) mass is 287 g/mol. The molecule has 0 N–H and O–H groups in total. The third-order valence-corrected chi connectivity index (χ3v) is 4.21. The van der Waals surface area contributed by atoms with Gasteiger partial charge in [0.2, 0.25) is 0 Å². The zero-order valence-electron chi connectivity index (χ0n) is 13.4. The van der Waals surface area contributed by atoms with Gasteiger partial charge in [-0.05, 0) is 30.5 Å². The topological polar surface area (TPSA) is 26.0 Å². The third-order valence-electron chi connectivity index (χ3n) is 4.21. The third kappa shape index (κ3) is 5.91. The highest BCUT2D eigenvalue weighted by Crippen LogP contribution is 2.17. The molecule has 2 heteroatoms. The Morgan fingerprint density at radius 2 is 1.52 bits per heavy atom. The van der Waals surface area contributed by atoms with Crippen LogP contribution in [0.5, 0.6) is 0 Å². The first kappa shape index (κ1) is 16.1. The van der Waals surface area contributed by atoms with Crippen LogP contribution in [0.2, 0.25) is 0 Å². The molecule has 0 amide bonds. The van der Waals surface area contributed by atoms with Gasteiger partial charge in [-0.2, -0.15) is 0 Å². The van der Waals surface area contributed by atoms with Crippen LogP contribution in [0.1, 0.15) is 76.7 Å². The SMILES string of the molecule is CCCCCCCCCCCCc1ccc2ocnc2c1. The first-order valence-corrected chi connectivity index (χ1v) is 8.72. The van der Waals surface area contributed by atoms with Gasteiger partial charge in [-0.25, -0.2) is 4.98 Å². The minimum atomic E-state index is 0.891. The highest BCUT2D eigenvalue weighted by Gasteiger charge is 2.00. The van der Waals surface area contributed by atoms with Crippen LogP contribution in [0.4, 0.5) is 0 Å². The fourth-order valence-corrected chi connectivity index (χ4v) is 2.88. The van der Waals surface area contributed by atoms with Crippen LogP contribution in [-0.4, -0.2) is 4.98 Å². The molecule has 1 aromatic heterocycles. The standard InChI is InChI=1S/C19H29NO/c1-2-3-4-5-6-7-8-9-10-11-12-17-13-14-19-18(15-17)20-16-21-19/h13-16H,2-12H2,1H3. The molecule has 0 aliphatic rings. The van der Waals surface area contributed by atoms with E-state index in [0.717, 1.165) is 11.1 Å². The molecule has 0 aliphatic heterocycles. The number of hydrogen-bond donors (Lipinski definition) is 0. The van der Waals surface area contributed by atoms with Gasteiger partial charge in [-0.3, -0.25) is 0 Å². The van der Waals surface area contributed by atoms with E-state index >= 15 is 0 Å². The Bertz CT molecular complexity index is 503. The highest BCUT2D eigenvalue weighted by molar-refractivity contribution is 5.72. The van der Waals surface area contributed by atoms with Crippen LogP contribution in [0.3, 0.4) is 0 Å². The minimum Gasteiger partial charge on any atom is -0.443 e. The summed E-state index contributed by atoms with van der Waals surface area (Å²) in [7, 11) is 0. The Morgan fingerprint density at radius 3 is 2.24 bits per heavy atom. The second-order valence-corrected chi connectivity index (χ2v) is 6.09. The van der Waals surface area contributed by atoms with E-state index in [0.29, 0.717) is 0 Å². The van der Waals surface area contributed by atoms with Gasteiger partial charge in [0.15, 0.2) is 12.0 Å². The minimum absolute atomic E-state index is 0.891. The molecule has 2 rings (SSSR count). The normalized spacial score (nSPS) is 11.3. The van der Waals surface area contributed by atoms with Gasteiger partial charge in [-0.1, -0.05) is 70.8 Å². The number of unbranched alkanes of at least 4 members (excludes halogenated alkanes) is 9. The lowest BCUT2D eigenvalue weighted by Crippen LogP contribution is -1.87. The largest absolute Gasteiger partial charge is 0.443 e. The first-order chi connectivity index (χ1) is 10.4. The average Bonchev–Trinajstić information content (AvgIpc) is 2.97. The maximum absolute atomic E-state index is 5.27. The number of aryl methyl sites for hydroxylation is 1. The number of fused-ring (bicyclic) bond motifs is 1. The predicted octanol–water partition coefficient (Wildman–Crippen LogP) is 6.29. The van der Waals surface area contributed by atoms with Crippen LogP contribution >= 0.6 is 0 Å². The molecule has 1 aromatic carbocycles. The zero-order chi connectivity index (χ0) is 14.8. The summed E-state index contributed by atoms with van der Waals surface area (Å²) >= 11 is 0. The number of oxazole rings is 1. The maximum atomic E-state index is 5.27. The van der Waals surface area contributed by atoms with Gasteiger partial charge < -0.3 is 4.42 Å². The highest BCUT2D eigenvalue weighted by atomic mass is 16.3. The van der Waals surface area contributed by atoms with Gasteiger partial charge in [-0.15, -0.1) is 0 Å². The molecule has 0 fully saturated rings. The maximum Gasteiger partial charge on any atom is 0.181 e. The molecule has 21 heavy (non-hydrogen) atoms. The Morgan fingerprint density at radius 1 is 0.857 bits per heavy atom. The smallest absolute Gasteiger partial charge is 0.181 e. The summed E-state index contributed by atoms with van der Waals surface area (Å²) in [4.78, 5) is 4.21. The molecule has 0 bridgehead atoms. The summed E-state index contributed by atoms with van der Waals surface area (Å²) < 4.78 is 5.27. The fourth-order valence-electron chi connectivity index (χ4n) is 2.88. The molecule has 0 unspecified atom stereocenters. The summed E-state index contributed by atoms with van der Waals surface area (Å²) in [5, 5.41) is 0. The molecule has 0 atom stereocenters. The number of nitrogens with zero attached hydrogens (tertiary/aromatic N) is 1. The van der Waals surface area contributed by atoms with Crippen LogP contribution < -0.4 is 0 Å². The number of aromatic nitrogens is 1. The van der Waals surface area contributed by atoms with E-state index in [2.05, 4.69) is 24.0 Å². The van der Waals surface area contributed by atoms with E-state index in [1.54, 1.807) is 0 Å². The summed E-state index contributed by atoms with van der Waals surface area (Å²) in [6.07, 6.45) is 16.6. The van der Waals surface area contributed by atoms with Crippen LogP contribution in [-0.2, 0) is 6.42 Å². The van der Waals surface area contributed by atoms with Gasteiger partial charge in [0.1, 0.15) is 5.52 Å². The molecular weight excluding hydrogens is 258 g/mol. The van der Waals surface area contributed by atoms with Crippen molar-refractivity contribution in [1.82, 2.24) is 4.98 Å². The van der Waals surface area contributed by atoms with Gasteiger partial charge >= 0.3 is 0 Å². The van der Waals surface area contributed by atoms with E-state index in [1.807, 2.05) is 6.07 Å². The summed E-state index contributed by atoms with van der Waals surface area (Å²) in [6.45, 7) is 2.28. The van der Waals surface area contributed by atoms with E-state index in [1.165, 1.54) is 82.6 Å². The van der Waals surface area contributed by atoms with Crippen LogP contribution in [0, 0.1) is 0 Å². The molecule has 2 aromatic rings. The molecule has 1 heterocycles. The lowest BCUT2D eigenvalue weighted by Gasteiger charge is -2.03. The molecule has 0 aliphatic carbocycles. The predicted molar refractivity (Wildman–Crippen MR) is 89.6 cm³/mol. The lowest BCUT2D eigenvalue weighted by atomic mass is 10.0. The molecular formula is C19H29NO. The van der Waals surface area contributed by atoms with Gasteiger partial charge in [0, 0.05) is 0 Å². The zero-order valence-corrected chi connectivity index (χ0v) is 13.4. The van der Waals surface area contributed by atoms with Crippen molar-refractivity contribution in [3.8, 4) is 0 Å².